The number of amides is 1. The highest BCUT2D eigenvalue weighted by Crippen LogP contribution is 2.30. The van der Waals surface area contributed by atoms with Crippen LogP contribution < -0.4 is 15.8 Å². The van der Waals surface area contributed by atoms with Crippen LogP contribution in [-0.2, 0) is 4.74 Å². The number of rotatable bonds is 4. The standard InChI is InChI=1S/C14H20F2N2O3/c1-14(2,3)21-13(19)18-10-7-8(20-4)5-6-9(10)11(17)12(15)16/h5-7,11-12H,17H2,1-4H3,(H,18,19). The van der Waals surface area contributed by atoms with Crippen molar-refractivity contribution >= 4 is 11.8 Å². The van der Waals surface area contributed by atoms with Crippen molar-refractivity contribution in [2.45, 2.75) is 38.8 Å². The van der Waals surface area contributed by atoms with Gasteiger partial charge in [-0.15, -0.1) is 0 Å². The zero-order valence-corrected chi connectivity index (χ0v) is 12.4. The average molecular weight is 302 g/mol. The quantitative estimate of drug-likeness (QED) is 0.895. The molecule has 0 saturated heterocycles. The van der Waals surface area contributed by atoms with E-state index in [1.165, 1.54) is 25.3 Å². The van der Waals surface area contributed by atoms with Crippen LogP contribution in [0.1, 0.15) is 32.4 Å². The molecule has 0 aliphatic carbocycles. The summed E-state index contributed by atoms with van der Waals surface area (Å²) in [6, 6.07) is 2.79. The number of anilines is 1. The largest absolute Gasteiger partial charge is 0.497 e. The second-order valence-corrected chi connectivity index (χ2v) is 5.44. The summed E-state index contributed by atoms with van der Waals surface area (Å²) < 4.78 is 35.7. The topological polar surface area (TPSA) is 73.6 Å². The first kappa shape index (κ1) is 17.2. The second-order valence-electron chi connectivity index (χ2n) is 5.44. The molecule has 5 nitrogen and oxygen atoms in total. The Kier molecular flexibility index (Phi) is 5.48. The number of benzene rings is 1. The highest BCUT2D eigenvalue weighted by atomic mass is 19.3. The van der Waals surface area contributed by atoms with Crippen LogP contribution in [0.3, 0.4) is 0 Å². The van der Waals surface area contributed by atoms with E-state index in [4.69, 9.17) is 15.2 Å². The molecule has 21 heavy (non-hydrogen) atoms. The number of methoxy groups -OCH3 is 1. The summed E-state index contributed by atoms with van der Waals surface area (Å²) in [5, 5.41) is 2.42. The first-order chi connectivity index (χ1) is 9.64. The number of nitrogens with one attached hydrogen (secondary N) is 1. The van der Waals surface area contributed by atoms with Crippen molar-refractivity contribution in [2.24, 2.45) is 5.73 Å². The molecule has 0 radical (unpaired) electrons. The molecule has 0 aliphatic rings. The fourth-order valence-electron chi connectivity index (χ4n) is 1.61. The third kappa shape index (κ3) is 5.18. The molecule has 3 N–H and O–H groups in total. The molecule has 1 amide bonds. The minimum absolute atomic E-state index is 0.108. The number of hydrogen-bond donors (Lipinski definition) is 2. The molecule has 7 heteroatoms. The minimum atomic E-state index is -2.75. The molecular weight excluding hydrogens is 282 g/mol. The van der Waals surface area contributed by atoms with Crippen LogP contribution in [0.4, 0.5) is 19.3 Å². The third-order valence-electron chi connectivity index (χ3n) is 2.53. The monoisotopic (exact) mass is 302 g/mol. The Balaban J connectivity index is 3.04. The number of halogens is 2. The highest BCUT2D eigenvalue weighted by molar-refractivity contribution is 5.86. The van der Waals surface area contributed by atoms with E-state index >= 15 is 0 Å². The lowest BCUT2D eigenvalue weighted by molar-refractivity contribution is 0.0634. The van der Waals surface area contributed by atoms with Crippen molar-refractivity contribution < 1.29 is 23.0 Å². The fourth-order valence-corrected chi connectivity index (χ4v) is 1.61. The van der Waals surface area contributed by atoms with Crippen LogP contribution >= 0.6 is 0 Å². The van der Waals surface area contributed by atoms with Gasteiger partial charge in [0, 0.05) is 6.07 Å². The molecular formula is C14H20F2N2O3. The molecule has 1 unspecified atom stereocenters. The van der Waals surface area contributed by atoms with Gasteiger partial charge in [0.05, 0.1) is 18.8 Å². The van der Waals surface area contributed by atoms with Crippen molar-refractivity contribution in [1.29, 1.82) is 0 Å². The van der Waals surface area contributed by atoms with Crippen LogP contribution in [-0.4, -0.2) is 25.2 Å². The third-order valence-corrected chi connectivity index (χ3v) is 2.53. The fraction of sp³-hybridized carbons (Fsp3) is 0.500. The Labute approximate surface area is 122 Å². The Bertz CT molecular complexity index is 501. The number of carbonyl (C=O) groups is 1. The molecule has 1 aromatic rings. The Hall–Kier alpha value is -1.89. The van der Waals surface area contributed by atoms with Gasteiger partial charge in [-0.05, 0) is 32.4 Å². The maximum absolute atomic E-state index is 12.8. The summed E-state index contributed by atoms with van der Waals surface area (Å²) in [6.45, 7) is 5.10. The lowest BCUT2D eigenvalue weighted by atomic mass is 10.1. The van der Waals surface area contributed by atoms with Gasteiger partial charge in [-0.1, -0.05) is 6.07 Å². The van der Waals surface area contributed by atoms with Gasteiger partial charge >= 0.3 is 6.09 Å². The summed E-state index contributed by atoms with van der Waals surface area (Å²) in [5.41, 5.74) is 4.99. The van der Waals surface area contributed by atoms with Gasteiger partial charge in [-0.3, -0.25) is 5.32 Å². The van der Waals surface area contributed by atoms with Crippen molar-refractivity contribution in [3.8, 4) is 5.75 Å². The summed E-state index contributed by atoms with van der Waals surface area (Å²) >= 11 is 0. The molecule has 1 aromatic carbocycles. The predicted molar refractivity (Wildman–Crippen MR) is 75.8 cm³/mol. The van der Waals surface area contributed by atoms with Gasteiger partial charge in [0.2, 0.25) is 0 Å². The molecule has 0 bridgehead atoms. The zero-order valence-electron chi connectivity index (χ0n) is 12.4. The molecule has 0 heterocycles. The van der Waals surface area contributed by atoms with E-state index in [0.29, 0.717) is 5.75 Å². The van der Waals surface area contributed by atoms with Gasteiger partial charge in [0.25, 0.3) is 6.43 Å². The van der Waals surface area contributed by atoms with E-state index in [1.54, 1.807) is 20.8 Å². The number of alkyl halides is 2. The number of nitrogens with two attached hydrogens (primary N) is 1. The number of ether oxygens (including phenoxy) is 2. The van der Waals surface area contributed by atoms with E-state index in [9.17, 15) is 13.6 Å². The van der Waals surface area contributed by atoms with Gasteiger partial charge in [-0.2, -0.15) is 0 Å². The van der Waals surface area contributed by atoms with E-state index in [2.05, 4.69) is 5.32 Å². The molecule has 1 rings (SSSR count). The minimum Gasteiger partial charge on any atom is -0.497 e. The van der Waals surface area contributed by atoms with Crippen molar-refractivity contribution in [1.82, 2.24) is 0 Å². The van der Waals surface area contributed by atoms with E-state index in [0.717, 1.165) is 0 Å². The summed E-state index contributed by atoms with van der Waals surface area (Å²) in [5.74, 6) is 0.409. The van der Waals surface area contributed by atoms with Crippen LogP contribution in [0.5, 0.6) is 5.75 Å². The van der Waals surface area contributed by atoms with Gasteiger partial charge in [-0.25, -0.2) is 13.6 Å². The van der Waals surface area contributed by atoms with Crippen molar-refractivity contribution in [3.05, 3.63) is 23.8 Å². The zero-order chi connectivity index (χ0) is 16.2. The molecule has 0 spiro atoms. The molecule has 0 aromatic heterocycles. The maximum atomic E-state index is 12.8. The number of hydrogen-bond acceptors (Lipinski definition) is 4. The molecule has 1 atom stereocenters. The van der Waals surface area contributed by atoms with Crippen LogP contribution in [0.2, 0.25) is 0 Å². The smallest absolute Gasteiger partial charge is 0.412 e. The summed E-state index contributed by atoms with van der Waals surface area (Å²) in [7, 11) is 1.43. The van der Waals surface area contributed by atoms with E-state index < -0.39 is 24.2 Å². The highest BCUT2D eigenvalue weighted by Gasteiger charge is 2.23. The summed E-state index contributed by atoms with van der Waals surface area (Å²) in [4.78, 5) is 11.8. The Morgan fingerprint density at radius 3 is 2.43 bits per heavy atom. The SMILES string of the molecule is COc1ccc(C(N)C(F)F)c(NC(=O)OC(C)(C)C)c1. The van der Waals surface area contributed by atoms with Crippen LogP contribution in [0, 0.1) is 0 Å². The normalized spacial score (nSPS) is 13.0. The van der Waals surface area contributed by atoms with Gasteiger partial charge < -0.3 is 15.2 Å². The summed E-state index contributed by atoms with van der Waals surface area (Å²) in [6.07, 6.45) is -3.50. The average Bonchev–Trinajstić information content (AvgIpc) is 2.35. The van der Waals surface area contributed by atoms with Crippen molar-refractivity contribution in [3.63, 3.8) is 0 Å². The first-order valence-electron chi connectivity index (χ1n) is 6.35. The van der Waals surface area contributed by atoms with Gasteiger partial charge in [0.1, 0.15) is 11.4 Å². The molecule has 118 valence electrons. The molecule has 0 fully saturated rings. The Morgan fingerprint density at radius 1 is 1.33 bits per heavy atom. The van der Waals surface area contributed by atoms with Crippen molar-refractivity contribution in [2.75, 3.05) is 12.4 Å². The van der Waals surface area contributed by atoms with E-state index in [1.807, 2.05) is 0 Å². The molecule has 0 saturated carbocycles. The van der Waals surface area contributed by atoms with Crippen LogP contribution in [0.15, 0.2) is 18.2 Å². The molecule has 0 aliphatic heterocycles. The lowest BCUT2D eigenvalue weighted by Crippen LogP contribution is -2.28. The second kappa shape index (κ2) is 6.71. The van der Waals surface area contributed by atoms with Gasteiger partial charge in [0.15, 0.2) is 0 Å². The van der Waals surface area contributed by atoms with E-state index in [-0.39, 0.29) is 11.3 Å². The Morgan fingerprint density at radius 2 is 1.95 bits per heavy atom. The number of carbonyl (C=O) groups excluding carboxylic acids is 1. The predicted octanol–water partition coefficient (Wildman–Crippen LogP) is 3.31. The van der Waals surface area contributed by atoms with Crippen LogP contribution in [0.25, 0.3) is 0 Å². The first-order valence-corrected chi connectivity index (χ1v) is 6.35. The lowest BCUT2D eigenvalue weighted by Gasteiger charge is -2.22. The maximum Gasteiger partial charge on any atom is 0.412 e.